The Bertz CT molecular complexity index is 509. The quantitative estimate of drug-likeness (QED) is 0.459. The minimum atomic E-state index is -1.20. The second kappa shape index (κ2) is 8.73. The van der Waals surface area contributed by atoms with Gasteiger partial charge in [0, 0.05) is 0 Å². The Morgan fingerprint density at radius 2 is 1.81 bits per heavy atom. The summed E-state index contributed by atoms with van der Waals surface area (Å²) in [7, 11) is 0. The average Bonchev–Trinajstić information content (AvgIpc) is 2.47. The maximum atomic E-state index is 11.6. The summed E-state index contributed by atoms with van der Waals surface area (Å²) < 4.78 is 4.91. The monoisotopic (exact) mass is 292 g/mol. The molecule has 21 heavy (non-hydrogen) atoms. The smallest absolute Gasteiger partial charge is 0.425 e. The third kappa shape index (κ3) is 5.64. The Kier molecular flexibility index (Phi) is 6.94. The highest BCUT2D eigenvalue weighted by Gasteiger charge is 2.09. The van der Waals surface area contributed by atoms with E-state index < -0.39 is 6.09 Å². The van der Waals surface area contributed by atoms with Crippen molar-refractivity contribution >= 4 is 17.8 Å². The number of esters is 1. The Morgan fingerprint density at radius 3 is 2.33 bits per heavy atom. The van der Waals surface area contributed by atoms with Crippen molar-refractivity contribution in [3.63, 3.8) is 0 Å². The van der Waals surface area contributed by atoms with Crippen LogP contribution in [0.2, 0.25) is 0 Å². The molecule has 0 aliphatic rings. The van der Waals surface area contributed by atoms with Gasteiger partial charge in [0.15, 0.2) is 0 Å². The number of nitrogens with zero attached hydrogens (tertiary/aromatic N) is 1. The number of carboxylic acid groups (broad SMARTS) is 1. The molecule has 0 atom stereocenters. The summed E-state index contributed by atoms with van der Waals surface area (Å²) in [5.41, 5.74) is 3.91. The van der Waals surface area contributed by atoms with Crippen LogP contribution in [-0.4, -0.2) is 29.5 Å². The highest BCUT2D eigenvalue weighted by molar-refractivity contribution is 6.01. The van der Waals surface area contributed by atoms with Gasteiger partial charge in [0.25, 0.3) is 0 Å². The number of hydrogen-bond donors (Lipinski definition) is 2. The molecule has 0 saturated heterocycles. The second-order valence-electron chi connectivity index (χ2n) is 4.38. The fraction of sp³-hybridized carbons (Fsp3) is 0.400. The van der Waals surface area contributed by atoms with Gasteiger partial charge >= 0.3 is 12.1 Å². The maximum absolute atomic E-state index is 11.6. The molecule has 114 valence electrons. The van der Waals surface area contributed by atoms with Crippen molar-refractivity contribution in [2.24, 2.45) is 5.10 Å². The number of carbonyl (C=O) groups is 2. The van der Waals surface area contributed by atoms with E-state index in [4.69, 9.17) is 9.84 Å². The van der Waals surface area contributed by atoms with Crippen molar-refractivity contribution in [1.82, 2.24) is 5.43 Å². The van der Waals surface area contributed by atoms with Gasteiger partial charge in [0.05, 0.1) is 17.9 Å². The molecule has 1 rings (SSSR count). The third-order valence-electron chi connectivity index (χ3n) is 2.78. The first-order valence-corrected chi connectivity index (χ1v) is 6.91. The lowest BCUT2D eigenvalue weighted by Gasteiger charge is -2.07. The molecule has 0 heterocycles. The lowest BCUT2D eigenvalue weighted by molar-refractivity contribution is 0.0526. The number of unbranched alkanes of at least 4 members (excludes halogenated alkanes) is 1. The molecule has 0 fully saturated rings. The van der Waals surface area contributed by atoms with Gasteiger partial charge in [-0.15, -0.1) is 0 Å². The lowest BCUT2D eigenvalue weighted by Crippen LogP contribution is -2.17. The van der Waals surface area contributed by atoms with Crippen LogP contribution in [0.1, 0.15) is 49.0 Å². The fourth-order valence-electron chi connectivity index (χ4n) is 1.74. The molecule has 0 saturated carbocycles. The van der Waals surface area contributed by atoms with Gasteiger partial charge in [-0.05, 0) is 37.5 Å². The highest BCUT2D eigenvalue weighted by atomic mass is 16.5. The largest absolute Gasteiger partial charge is 0.464 e. The van der Waals surface area contributed by atoms with Gasteiger partial charge in [-0.1, -0.05) is 25.5 Å². The van der Waals surface area contributed by atoms with E-state index in [1.54, 1.807) is 31.2 Å². The Labute approximate surface area is 123 Å². The molecule has 0 radical (unpaired) electrons. The Morgan fingerprint density at radius 1 is 1.19 bits per heavy atom. The normalized spacial score (nSPS) is 11.0. The van der Waals surface area contributed by atoms with E-state index in [1.165, 1.54) is 0 Å². The van der Waals surface area contributed by atoms with E-state index >= 15 is 0 Å². The number of amides is 1. The van der Waals surface area contributed by atoms with E-state index in [0.717, 1.165) is 18.4 Å². The molecule has 1 aromatic carbocycles. The van der Waals surface area contributed by atoms with Crippen LogP contribution < -0.4 is 5.43 Å². The van der Waals surface area contributed by atoms with E-state index in [-0.39, 0.29) is 5.97 Å². The zero-order valence-electron chi connectivity index (χ0n) is 12.3. The molecule has 0 spiro atoms. The number of nitrogens with one attached hydrogen (secondary N) is 1. The number of ether oxygens (including phenoxy) is 1. The van der Waals surface area contributed by atoms with E-state index in [9.17, 15) is 9.59 Å². The number of benzene rings is 1. The molecule has 6 nitrogen and oxygen atoms in total. The van der Waals surface area contributed by atoms with Gasteiger partial charge in [0.2, 0.25) is 0 Å². The number of carbonyl (C=O) groups excluding carboxylic acids is 1. The molecule has 6 heteroatoms. The van der Waals surface area contributed by atoms with Crippen LogP contribution in [0.15, 0.2) is 29.4 Å². The van der Waals surface area contributed by atoms with E-state index in [1.807, 2.05) is 12.3 Å². The zero-order valence-corrected chi connectivity index (χ0v) is 12.3. The first-order chi connectivity index (χ1) is 10.1. The lowest BCUT2D eigenvalue weighted by atomic mass is 10.0. The third-order valence-corrected chi connectivity index (χ3v) is 2.78. The number of hydrogen-bond acceptors (Lipinski definition) is 4. The van der Waals surface area contributed by atoms with Crippen LogP contribution in [-0.2, 0) is 4.74 Å². The number of hydrazone groups is 1. The van der Waals surface area contributed by atoms with Crippen LogP contribution in [0.25, 0.3) is 0 Å². The first kappa shape index (κ1) is 16.7. The molecule has 1 amide bonds. The molecule has 0 aromatic heterocycles. The summed E-state index contributed by atoms with van der Waals surface area (Å²) in [6.45, 7) is 4.12. The summed E-state index contributed by atoms with van der Waals surface area (Å²) in [5.74, 6) is -0.375. The number of rotatable bonds is 7. The predicted molar refractivity (Wildman–Crippen MR) is 79.6 cm³/mol. The van der Waals surface area contributed by atoms with Crippen LogP contribution in [0.3, 0.4) is 0 Å². The van der Waals surface area contributed by atoms with Gasteiger partial charge < -0.3 is 9.84 Å². The van der Waals surface area contributed by atoms with Crippen molar-refractivity contribution in [1.29, 1.82) is 0 Å². The van der Waals surface area contributed by atoms with Gasteiger partial charge in [-0.3, -0.25) is 0 Å². The molecular formula is C15H20N2O4. The van der Waals surface area contributed by atoms with Crippen LogP contribution in [0.5, 0.6) is 0 Å². The molecule has 1 aromatic rings. The SMILES string of the molecule is CCCC/C(=N\NC(=O)O)c1ccc(C(=O)OCC)cc1. The van der Waals surface area contributed by atoms with Crippen molar-refractivity contribution in [3.05, 3.63) is 35.4 Å². The van der Waals surface area contributed by atoms with Crippen LogP contribution in [0, 0.1) is 0 Å². The summed E-state index contributed by atoms with van der Waals surface area (Å²) in [4.78, 5) is 22.1. The van der Waals surface area contributed by atoms with Crippen molar-refractivity contribution in [3.8, 4) is 0 Å². The van der Waals surface area contributed by atoms with Gasteiger partial charge in [-0.25, -0.2) is 15.0 Å². The first-order valence-electron chi connectivity index (χ1n) is 6.91. The molecule has 0 bridgehead atoms. The van der Waals surface area contributed by atoms with E-state index in [2.05, 4.69) is 5.10 Å². The zero-order chi connectivity index (χ0) is 15.7. The molecule has 0 aliphatic heterocycles. The Hall–Kier alpha value is -2.37. The van der Waals surface area contributed by atoms with Crippen molar-refractivity contribution in [2.45, 2.75) is 33.1 Å². The Balaban J connectivity index is 2.89. The van der Waals surface area contributed by atoms with Crippen molar-refractivity contribution < 1.29 is 19.4 Å². The standard InChI is InChI=1S/C15H20N2O4/c1-3-5-6-13(16-17-15(19)20)11-7-9-12(10-8-11)14(18)21-4-2/h7-10,17H,3-6H2,1-2H3,(H,19,20)/b16-13+. The average molecular weight is 292 g/mol. The van der Waals surface area contributed by atoms with Crippen LogP contribution >= 0.6 is 0 Å². The molecule has 2 N–H and O–H groups in total. The van der Waals surface area contributed by atoms with Crippen LogP contribution in [0.4, 0.5) is 4.79 Å². The summed E-state index contributed by atoms with van der Waals surface area (Å²) in [6.07, 6.45) is 1.34. The maximum Gasteiger partial charge on any atom is 0.425 e. The molecule has 0 unspecified atom stereocenters. The topological polar surface area (TPSA) is 88.0 Å². The van der Waals surface area contributed by atoms with E-state index in [0.29, 0.717) is 24.3 Å². The minimum absolute atomic E-state index is 0.326. The fourth-order valence-corrected chi connectivity index (χ4v) is 1.74. The van der Waals surface area contributed by atoms with Crippen molar-refractivity contribution in [2.75, 3.05) is 6.61 Å². The minimum Gasteiger partial charge on any atom is -0.464 e. The van der Waals surface area contributed by atoms with Gasteiger partial charge in [-0.2, -0.15) is 5.10 Å². The summed E-state index contributed by atoms with van der Waals surface area (Å²) >= 11 is 0. The predicted octanol–water partition coefficient (Wildman–Crippen LogP) is 3.03. The summed E-state index contributed by atoms with van der Waals surface area (Å²) in [6, 6.07) is 6.78. The molecule has 0 aliphatic carbocycles. The van der Waals surface area contributed by atoms with Gasteiger partial charge in [0.1, 0.15) is 0 Å². The molecular weight excluding hydrogens is 272 g/mol. The summed E-state index contributed by atoms with van der Waals surface area (Å²) in [5, 5.41) is 12.5. The highest BCUT2D eigenvalue weighted by Crippen LogP contribution is 2.11. The second-order valence-corrected chi connectivity index (χ2v) is 4.38.